The zero-order valence-electron chi connectivity index (χ0n) is 8.24. The standard InChI is InChI=1S/C11H11FO3/c1-15-11(14)8-5-7-6(10(8)13)3-2-4-9(7)12/h2-4,8,10,13H,5H2,1H3. The monoisotopic (exact) mass is 210 g/mol. The molecule has 0 fully saturated rings. The third-order valence-corrected chi connectivity index (χ3v) is 2.78. The first-order chi connectivity index (χ1) is 7.15. The number of hydrogen-bond donors (Lipinski definition) is 1. The lowest BCUT2D eigenvalue weighted by atomic mass is 10.0. The van der Waals surface area contributed by atoms with Crippen LogP contribution in [0.2, 0.25) is 0 Å². The van der Waals surface area contributed by atoms with E-state index >= 15 is 0 Å². The molecule has 1 aliphatic rings. The fourth-order valence-corrected chi connectivity index (χ4v) is 1.98. The van der Waals surface area contributed by atoms with Crippen LogP contribution in [0.1, 0.15) is 17.2 Å². The summed E-state index contributed by atoms with van der Waals surface area (Å²) in [6, 6.07) is 4.48. The van der Waals surface area contributed by atoms with Gasteiger partial charge in [0.1, 0.15) is 5.82 Å². The van der Waals surface area contributed by atoms with E-state index in [1.54, 1.807) is 6.07 Å². The van der Waals surface area contributed by atoms with Crippen molar-refractivity contribution < 1.29 is 19.0 Å². The second-order valence-electron chi connectivity index (χ2n) is 3.59. The van der Waals surface area contributed by atoms with Crippen LogP contribution in [0.5, 0.6) is 0 Å². The molecular weight excluding hydrogens is 199 g/mol. The van der Waals surface area contributed by atoms with Gasteiger partial charge in [0.05, 0.1) is 19.1 Å². The van der Waals surface area contributed by atoms with Crippen LogP contribution >= 0.6 is 0 Å². The van der Waals surface area contributed by atoms with Crippen molar-refractivity contribution in [2.75, 3.05) is 7.11 Å². The van der Waals surface area contributed by atoms with Crippen LogP contribution in [-0.4, -0.2) is 18.2 Å². The van der Waals surface area contributed by atoms with Crippen molar-refractivity contribution in [3.63, 3.8) is 0 Å². The van der Waals surface area contributed by atoms with E-state index in [0.717, 1.165) is 0 Å². The first-order valence-corrected chi connectivity index (χ1v) is 4.68. The number of benzene rings is 1. The molecule has 1 aliphatic carbocycles. The number of fused-ring (bicyclic) bond motifs is 1. The summed E-state index contributed by atoms with van der Waals surface area (Å²) in [5, 5.41) is 9.80. The lowest BCUT2D eigenvalue weighted by Gasteiger charge is -2.11. The van der Waals surface area contributed by atoms with Crippen LogP contribution in [-0.2, 0) is 16.0 Å². The van der Waals surface area contributed by atoms with E-state index in [-0.39, 0.29) is 12.2 Å². The summed E-state index contributed by atoms with van der Waals surface area (Å²) in [4.78, 5) is 11.3. The number of halogens is 1. The molecule has 15 heavy (non-hydrogen) atoms. The summed E-state index contributed by atoms with van der Waals surface area (Å²) in [6.45, 7) is 0. The van der Waals surface area contributed by atoms with Crippen LogP contribution in [0.15, 0.2) is 18.2 Å². The molecule has 0 saturated carbocycles. The lowest BCUT2D eigenvalue weighted by molar-refractivity contribution is -0.148. The van der Waals surface area contributed by atoms with Gasteiger partial charge in [-0.05, 0) is 23.6 Å². The van der Waals surface area contributed by atoms with Crippen LogP contribution in [0.25, 0.3) is 0 Å². The van der Waals surface area contributed by atoms with E-state index in [2.05, 4.69) is 4.74 Å². The van der Waals surface area contributed by atoms with Gasteiger partial charge in [0.2, 0.25) is 0 Å². The Hall–Kier alpha value is -1.42. The maximum Gasteiger partial charge on any atom is 0.311 e. The van der Waals surface area contributed by atoms with Gasteiger partial charge in [-0.1, -0.05) is 12.1 Å². The molecule has 4 heteroatoms. The molecule has 0 radical (unpaired) electrons. The van der Waals surface area contributed by atoms with E-state index in [0.29, 0.717) is 11.1 Å². The maximum absolute atomic E-state index is 13.3. The Kier molecular flexibility index (Phi) is 2.44. The zero-order valence-corrected chi connectivity index (χ0v) is 8.24. The Balaban J connectivity index is 2.37. The molecule has 2 atom stereocenters. The average molecular weight is 210 g/mol. The lowest BCUT2D eigenvalue weighted by Crippen LogP contribution is -2.20. The third-order valence-electron chi connectivity index (χ3n) is 2.78. The fraction of sp³-hybridized carbons (Fsp3) is 0.364. The van der Waals surface area contributed by atoms with Gasteiger partial charge in [0, 0.05) is 0 Å². The minimum atomic E-state index is -0.955. The molecule has 80 valence electrons. The van der Waals surface area contributed by atoms with E-state index in [1.807, 2.05) is 0 Å². The SMILES string of the molecule is COC(=O)C1Cc2c(F)cccc2C1O. The quantitative estimate of drug-likeness (QED) is 0.708. The minimum Gasteiger partial charge on any atom is -0.469 e. The summed E-state index contributed by atoms with van der Waals surface area (Å²) < 4.78 is 17.9. The highest BCUT2D eigenvalue weighted by atomic mass is 19.1. The first-order valence-electron chi connectivity index (χ1n) is 4.68. The normalized spacial score (nSPS) is 23.7. The topological polar surface area (TPSA) is 46.5 Å². The van der Waals surface area contributed by atoms with E-state index in [4.69, 9.17) is 0 Å². The van der Waals surface area contributed by atoms with Crippen molar-refractivity contribution in [2.45, 2.75) is 12.5 Å². The summed E-state index contributed by atoms with van der Waals surface area (Å²) >= 11 is 0. The maximum atomic E-state index is 13.3. The molecule has 0 saturated heterocycles. The van der Waals surface area contributed by atoms with Gasteiger partial charge >= 0.3 is 5.97 Å². The highest BCUT2D eigenvalue weighted by Gasteiger charge is 2.38. The predicted octanol–water partition coefficient (Wildman–Crippen LogP) is 1.20. The van der Waals surface area contributed by atoms with Crippen molar-refractivity contribution in [1.82, 2.24) is 0 Å². The van der Waals surface area contributed by atoms with Crippen LogP contribution in [0.4, 0.5) is 4.39 Å². The van der Waals surface area contributed by atoms with Gasteiger partial charge in [0.15, 0.2) is 0 Å². The van der Waals surface area contributed by atoms with E-state index < -0.39 is 18.0 Å². The number of esters is 1. The van der Waals surface area contributed by atoms with Gasteiger partial charge < -0.3 is 9.84 Å². The Labute approximate surface area is 86.5 Å². The summed E-state index contributed by atoms with van der Waals surface area (Å²) in [5.74, 6) is -1.56. The highest BCUT2D eigenvalue weighted by Crippen LogP contribution is 2.37. The van der Waals surface area contributed by atoms with Gasteiger partial charge in [-0.15, -0.1) is 0 Å². The first kappa shape index (κ1) is 10.1. The van der Waals surface area contributed by atoms with Crippen molar-refractivity contribution in [3.8, 4) is 0 Å². The van der Waals surface area contributed by atoms with Crippen molar-refractivity contribution in [1.29, 1.82) is 0 Å². The van der Waals surface area contributed by atoms with Gasteiger partial charge in [-0.2, -0.15) is 0 Å². The summed E-state index contributed by atoms with van der Waals surface area (Å²) in [7, 11) is 1.26. The van der Waals surface area contributed by atoms with Crippen LogP contribution < -0.4 is 0 Å². The zero-order chi connectivity index (χ0) is 11.0. The van der Waals surface area contributed by atoms with Crippen LogP contribution in [0, 0.1) is 11.7 Å². The molecule has 2 unspecified atom stereocenters. The Morgan fingerprint density at radius 3 is 2.93 bits per heavy atom. The number of carbonyl (C=O) groups is 1. The molecule has 0 heterocycles. The number of aliphatic hydroxyl groups is 1. The summed E-state index contributed by atoms with van der Waals surface area (Å²) in [6.07, 6.45) is -0.751. The largest absolute Gasteiger partial charge is 0.469 e. The Morgan fingerprint density at radius 2 is 2.33 bits per heavy atom. The number of hydrogen-bond acceptors (Lipinski definition) is 3. The number of aliphatic hydroxyl groups excluding tert-OH is 1. The fourth-order valence-electron chi connectivity index (χ4n) is 1.98. The second-order valence-corrected chi connectivity index (χ2v) is 3.59. The second kappa shape index (κ2) is 3.62. The Bertz CT molecular complexity index is 403. The van der Waals surface area contributed by atoms with Crippen molar-refractivity contribution in [3.05, 3.63) is 35.1 Å². The number of ether oxygens (including phenoxy) is 1. The molecule has 1 aromatic carbocycles. The van der Waals surface area contributed by atoms with Crippen molar-refractivity contribution >= 4 is 5.97 Å². The van der Waals surface area contributed by atoms with E-state index in [1.165, 1.54) is 19.2 Å². The van der Waals surface area contributed by atoms with Crippen molar-refractivity contribution in [2.24, 2.45) is 5.92 Å². The molecule has 0 aliphatic heterocycles. The van der Waals surface area contributed by atoms with Gasteiger partial charge in [-0.3, -0.25) is 4.79 Å². The molecule has 3 nitrogen and oxygen atoms in total. The van der Waals surface area contributed by atoms with E-state index in [9.17, 15) is 14.3 Å². The third kappa shape index (κ3) is 1.51. The minimum absolute atomic E-state index is 0.204. The summed E-state index contributed by atoms with van der Waals surface area (Å²) in [5.41, 5.74) is 0.908. The number of carbonyl (C=O) groups excluding carboxylic acids is 1. The molecule has 0 bridgehead atoms. The average Bonchev–Trinajstić information content (AvgIpc) is 2.57. The molecular formula is C11H11FO3. The molecule has 1 N–H and O–H groups in total. The molecule has 0 spiro atoms. The Morgan fingerprint density at radius 1 is 1.60 bits per heavy atom. The molecule has 2 rings (SSSR count). The number of rotatable bonds is 1. The molecule has 0 aromatic heterocycles. The smallest absolute Gasteiger partial charge is 0.311 e. The molecule has 1 aromatic rings. The van der Waals surface area contributed by atoms with Gasteiger partial charge in [-0.25, -0.2) is 4.39 Å². The predicted molar refractivity (Wildman–Crippen MR) is 50.6 cm³/mol. The van der Waals surface area contributed by atoms with Crippen LogP contribution in [0.3, 0.4) is 0 Å². The van der Waals surface area contributed by atoms with Gasteiger partial charge in [0.25, 0.3) is 0 Å². The number of methoxy groups -OCH3 is 1. The highest BCUT2D eigenvalue weighted by molar-refractivity contribution is 5.75. The molecule has 0 amide bonds.